The summed E-state index contributed by atoms with van der Waals surface area (Å²) < 4.78 is 15.8. The number of fused-ring (bicyclic) bond motifs is 8. The monoisotopic (exact) mass is 925 g/mol. The molecule has 8 heterocycles. The van der Waals surface area contributed by atoms with E-state index in [1.807, 2.05) is 34.0 Å². The van der Waals surface area contributed by atoms with Crippen LogP contribution in [0.1, 0.15) is 0 Å². The van der Waals surface area contributed by atoms with Crippen LogP contribution in [0, 0.1) is 0 Å². The summed E-state index contributed by atoms with van der Waals surface area (Å²) in [6.45, 7) is 0. The Labute approximate surface area is 394 Å². The van der Waals surface area contributed by atoms with Gasteiger partial charge in [-0.15, -0.1) is 56.7 Å². The summed E-state index contributed by atoms with van der Waals surface area (Å²) in [5.74, 6) is 0. The number of nitrogens with zero attached hydrogens (tertiary/aromatic N) is 1. The first-order valence-electron chi connectivity index (χ1n) is 21.3. The van der Waals surface area contributed by atoms with Gasteiger partial charge in [0.15, 0.2) is 0 Å². The van der Waals surface area contributed by atoms with Gasteiger partial charge in [0.05, 0.1) is 0 Å². The first-order valence-corrected chi connectivity index (χ1v) is 25.5. The number of furan rings is 2. The second-order valence-electron chi connectivity index (χ2n) is 16.2. The van der Waals surface area contributed by atoms with Gasteiger partial charge < -0.3 is 13.4 Å². The highest BCUT2D eigenvalue weighted by Crippen LogP contribution is 2.43. The molecule has 8 heteroatoms. The van der Waals surface area contributed by atoms with E-state index in [1.54, 1.807) is 22.7 Å². The van der Waals surface area contributed by atoms with E-state index in [4.69, 9.17) is 8.83 Å². The molecule has 8 aromatic heterocycles. The predicted octanol–water partition coefficient (Wildman–Crippen LogP) is 19.1. The lowest BCUT2D eigenvalue weighted by Gasteiger charge is -2.04. The second kappa shape index (κ2) is 15.7. The van der Waals surface area contributed by atoms with Crippen LogP contribution < -0.4 is 0 Å². The topological polar surface area (TPSA) is 31.2 Å². The van der Waals surface area contributed by atoms with Gasteiger partial charge in [-0.25, -0.2) is 0 Å². The minimum atomic E-state index is 0.929. The second-order valence-corrected chi connectivity index (χ2v) is 21.3. The number of benzene rings is 6. The van der Waals surface area contributed by atoms with Gasteiger partial charge in [0.2, 0.25) is 0 Å². The van der Waals surface area contributed by atoms with Crippen LogP contribution in [0.25, 0.3) is 127 Å². The fraction of sp³-hybridized carbons (Fsp3) is 0.0175. The fourth-order valence-electron chi connectivity index (χ4n) is 8.87. The summed E-state index contributed by atoms with van der Waals surface area (Å²) >= 11 is 9.10. The SMILES string of the molecule is Cn1ccc2cc(-c3ccc4oc5ccc(-c6cc7ccccc7s6)cc5c4c3)ccc21.c1csc(-c2ccc(-c3ccc4oc5ccc(-c6ccc(-c7cccs7)s6)cc5c4c3)s2)c1. The van der Waals surface area contributed by atoms with Crippen molar-refractivity contribution in [3.8, 4) is 62.0 Å². The van der Waals surface area contributed by atoms with Gasteiger partial charge in [-0.3, -0.25) is 0 Å². The normalized spacial score (nSPS) is 11.8. The van der Waals surface area contributed by atoms with Crippen molar-refractivity contribution < 1.29 is 8.83 Å². The van der Waals surface area contributed by atoms with E-state index >= 15 is 0 Å². The molecule has 0 bridgehead atoms. The van der Waals surface area contributed by atoms with Gasteiger partial charge in [0, 0.05) is 84.5 Å². The standard InChI is InChI=1S/C29H19NOS.C28H16OS4/c1-30-13-12-20-14-18(6-9-25(20)30)19-7-10-26-23(15-19)24-16-22(8-11-27(24)31-26)29-17-21-4-2-3-5-28(21)32-29;1-3-25(30-13-1)27-11-9-23(32-27)17-5-7-21-19(15-17)20-16-18(6-8-22(20)29-21)24-10-12-28(33-24)26-4-2-14-31-26/h2-17H,1H3;1-16H. The van der Waals surface area contributed by atoms with Crippen molar-refractivity contribution in [2.24, 2.45) is 7.05 Å². The largest absolute Gasteiger partial charge is 0.456 e. The van der Waals surface area contributed by atoms with Crippen LogP contribution in [0.15, 0.2) is 202 Å². The summed E-state index contributed by atoms with van der Waals surface area (Å²) in [5, 5.41) is 11.5. The molecule has 0 amide bonds. The molecule has 0 aliphatic rings. The molecule has 0 spiro atoms. The van der Waals surface area contributed by atoms with Crippen molar-refractivity contribution in [2.45, 2.75) is 0 Å². The lowest BCUT2D eigenvalue weighted by Crippen LogP contribution is -1.84. The average molecular weight is 926 g/mol. The molecule has 0 fully saturated rings. The average Bonchev–Trinajstić information content (AvgIpc) is 4.20. The minimum absolute atomic E-state index is 0.929. The van der Waals surface area contributed by atoms with Crippen LogP contribution in [-0.2, 0) is 7.05 Å². The molecule has 3 nitrogen and oxygen atoms in total. The Morgan fingerprint density at radius 2 is 0.846 bits per heavy atom. The molecule has 0 atom stereocenters. The maximum atomic E-state index is 6.17. The van der Waals surface area contributed by atoms with Crippen LogP contribution in [-0.4, -0.2) is 4.57 Å². The van der Waals surface area contributed by atoms with Crippen molar-refractivity contribution in [3.63, 3.8) is 0 Å². The van der Waals surface area contributed by atoms with E-state index in [0.29, 0.717) is 0 Å². The lowest BCUT2D eigenvalue weighted by atomic mass is 10.0. The highest BCUT2D eigenvalue weighted by Gasteiger charge is 2.15. The quantitative estimate of drug-likeness (QED) is 0.166. The Morgan fingerprint density at radius 1 is 0.354 bits per heavy atom. The molecule has 14 rings (SSSR count). The summed E-state index contributed by atoms with van der Waals surface area (Å²) in [4.78, 5) is 9.13. The van der Waals surface area contributed by atoms with Crippen LogP contribution in [0.2, 0.25) is 0 Å². The van der Waals surface area contributed by atoms with E-state index in [1.165, 1.54) is 93.7 Å². The number of hydrogen-bond acceptors (Lipinski definition) is 7. The van der Waals surface area contributed by atoms with Crippen molar-refractivity contribution >= 4 is 122 Å². The predicted molar refractivity (Wildman–Crippen MR) is 283 cm³/mol. The molecule has 65 heavy (non-hydrogen) atoms. The first kappa shape index (κ1) is 38.7. The maximum absolute atomic E-state index is 6.17. The maximum Gasteiger partial charge on any atom is 0.135 e. The van der Waals surface area contributed by atoms with Gasteiger partial charge >= 0.3 is 0 Å². The highest BCUT2D eigenvalue weighted by atomic mass is 32.1. The van der Waals surface area contributed by atoms with Crippen molar-refractivity contribution in [3.05, 3.63) is 193 Å². The molecule has 0 aliphatic heterocycles. The van der Waals surface area contributed by atoms with Gasteiger partial charge in [0.25, 0.3) is 0 Å². The zero-order valence-corrected chi connectivity index (χ0v) is 38.9. The van der Waals surface area contributed by atoms with Crippen molar-refractivity contribution in [1.82, 2.24) is 4.57 Å². The molecule has 0 unspecified atom stereocenters. The van der Waals surface area contributed by atoms with E-state index in [9.17, 15) is 0 Å². The molecule has 0 N–H and O–H groups in total. The highest BCUT2D eigenvalue weighted by molar-refractivity contribution is 7.24. The van der Waals surface area contributed by atoms with Crippen LogP contribution in [0.3, 0.4) is 0 Å². The summed E-state index contributed by atoms with van der Waals surface area (Å²) in [6, 6.07) is 63.3. The Kier molecular flexibility index (Phi) is 9.36. The van der Waals surface area contributed by atoms with Crippen molar-refractivity contribution in [2.75, 3.05) is 0 Å². The van der Waals surface area contributed by atoms with Gasteiger partial charge in [-0.1, -0.05) is 42.5 Å². The number of thiophene rings is 5. The van der Waals surface area contributed by atoms with E-state index in [2.05, 4.69) is 204 Å². The lowest BCUT2D eigenvalue weighted by molar-refractivity contribution is 0.668. The smallest absolute Gasteiger partial charge is 0.135 e. The molecule has 0 aliphatic carbocycles. The Balaban J connectivity index is 0.000000130. The number of rotatable bonds is 6. The molecular formula is C57H35NO2S5. The van der Waals surface area contributed by atoms with E-state index in [0.717, 1.165) is 33.1 Å². The molecule has 0 saturated carbocycles. The third-order valence-electron chi connectivity index (χ3n) is 12.2. The number of aryl methyl sites for hydroxylation is 1. The Morgan fingerprint density at radius 3 is 1.40 bits per heavy atom. The van der Waals surface area contributed by atoms with Crippen LogP contribution in [0.5, 0.6) is 0 Å². The van der Waals surface area contributed by atoms with E-state index in [-0.39, 0.29) is 0 Å². The Bertz CT molecular complexity index is 3870. The Hall–Kier alpha value is -6.78. The first-order chi connectivity index (χ1) is 32.0. The summed E-state index contributed by atoms with van der Waals surface area (Å²) in [6.07, 6.45) is 2.11. The van der Waals surface area contributed by atoms with Crippen molar-refractivity contribution in [1.29, 1.82) is 0 Å². The zero-order chi connectivity index (χ0) is 43.0. The molecule has 6 aromatic carbocycles. The third-order valence-corrected chi connectivity index (χ3v) is 17.7. The molecular weight excluding hydrogens is 891 g/mol. The van der Waals surface area contributed by atoms with Gasteiger partial charge in [-0.05, 0) is 177 Å². The van der Waals surface area contributed by atoms with E-state index < -0.39 is 0 Å². The fourth-order valence-corrected chi connectivity index (χ4v) is 13.6. The molecule has 14 aromatic rings. The number of hydrogen-bond donors (Lipinski definition) is 0. The minimum Gasteiger partial charge on any atom is -0.456 e. The molecule has 0 radical (unpaired) electrons. The van der Waals surface area contributed by atoms with Crippen LogP contribution in [0.4, 0.5) is 0 Å². The molecule has 0 saturated heterocycles. The third kappa shape index (κ3) is 6.97. The van der Waals surface area contributed by atoms with Crippen LogP contribution >= 0.6 is 56.7 Å². The van der Waals surface area contributed by atoms with Gasteiger partial charge in [0.1, 0.15) is 22.3 Å². The zero-order valence-electron chi connectivity index (χ0n) is 34.8. The summed E-state index contributed by atoms with van der Waals surface area (Å²) in [5.41, 5.74) is 11.1. The summed E-state index contributed by atoms with van der Waals surface area (Å²) in [7, 11) is 2.08. The van der Waals surface area contributed by atoms with Gasteiger partial charge in [-0.2, -0.15) is 0 Å². The number of aromatic nitrogens is 1. The molecule has 310 valence electrons.